The van der Waals surface area contributed by atoms with E-state index in [0.29, 0.717) is 13.0 Å². The zero-order valence-corrected chi connectivity index (χ0v) is 12.0. The molecular formula is C18H18N2O. The maximum Gasteiger partial charge on any atom is 0.224 e. The molecular weight excluding hydrogens is 260 g/mol. The molecule has 0 aliphatic heterocycles. The molecule has 1 amide bonds. The molecule has 0 atom stereocenters. The molecule has 0 fully saturated rings. The van der Waals surface area contributed by atoms with Crippen molar-refractivity contribution in [3.63, 3.8) is 0 Å². The Morgan fingerprint density at radius 3 is 2.86 bits per heavy atom. The number of benzene rings is 2. The number of aryl methyl sites for hydroxylation is 1. The molecule has 3 heteroatoms. The molecule has 2 N–H and O–H groups in total. The second kappa shape index (κ2) is 5.83. The highest BCUT2D eigenvalue weighted by Crippen LogP contribution is 2.18. The van der Waals surface area contributed by atoms with Crippen molar-refractivity contribution in [3.05, 3.63) is 71.4 Å². The molecule has 0 saturated carbocycles. The third-order valence-corrected chi connectivity index (χ3v) is 3.60. The number of carbonyl (C=O) groups is 1. The minimum atomic E-state index is 0.0428. The topological polar surface area (TPSA) is 44.9 Å². The van der Waals surface area contributed by atoms with Crippen LogP contribution in [0.25, 0.3) is 10.9 Å². The van der Waals surface area contributed by atoms with Crippen molar-refractivity contribution < 1.29 is 4.79 Å². The van der Waals surface area contributed by atoms with Crippen LogP contribution in [0.5, 0.6) is 0 Å². The van der Waals surface area contributed by atoms with E-state index in [0.717, 1.165) is 22.0 Å². The Kier molecular flexibility index (Phi) is 3.73. The monoisotopic (exact) mass is 278 g/mol. The highest BCUT2D eigenvalue weighted by atomic mass is 16.1. The van der Waals surface area contributed by atoms with Gasteiger partial charge < -0.3 is 10.3 Å². The van der Waals surface area contributed by atoms with Gasteiger partial charge in [-0.05, 0) is 24.1 Å². The number of carbonyl (C=O) groups excluding carboxylic acids is 1. The number of rotatable bonds is 4. The number of aromatic amines is 1. The number of aromatic nitrogens is 1. The second-order valence-corrected chi connectivity index (χ2v) is 5.30. The summed E-state index contributed by atoms with van der Waals surface area (Å²) in [7, 11) is 0. The van der Waals surface area contributed by atoms with Crippen LogP contribution < -0.4 is 5.32 Å². The summed E-state index contributed by atoms with van der Waals surface area (Å²) in [6.45, 7) is 2.63. The molecule has 0 aliphatic rings. The van der Waals surface area contributed by atoms with Crippen LogP contribution in [0.1, 0.15) is 16.7 Å². The molecule has 0 spiro atoms. The van der Waals surface area contributed by atoms with Gasteiger partial charge in [0.1, 0.15) is 0 Å². The van der Waals surface area contributed by atoms with Gasteiger partial charge in [-0.25, -0.2) is 0 Å². The van der Waals surface area contributed by atoms with Crippen LogP contribution in [0.3, 0.4) is 0 Å². The molecule has 3 aromatic rings. The Morgan fingerprint density at radius 2 is 2.00 bits per heavy atom. The molecule has 1 aromatic heterocycles. The summed E-state index contributed by atoms with van der Waals surface area (Å²) in [6, 6.07) is 16.2. The molecule has 1 heterocycles. The molecule has 0 unspecified atom stereocenters. The van der Waals surface area contributed by atoms with Gasteiger partial charge in [0.05, 0.1) is 6.42 Å². The van der Waals surface area contributed by atoms with Crippen LogP contribution in [0.4, 0.5) is 0 Å². The van der Waals surface area contributed by atoms with E-state index in [-0.39, 0.29) is 5.91 Å². The fraction of sp³-hybridized carbons (Fsp3) is 0.167. The van der Waals surface area contributed by atoms with Gasteiger partial charge in [-0.2, -0.15) is 0 Å². The van der Waals surface area contributed by atoms with Crippen LogP contribution in [0.2, 0.25) is 0 Å². The smallest absolute Gasteiger partial charge is 0.224 e. The Labute approximate surface area is 124 Å². The number of hydrogen-bond donors (Lipinski definition) is 2. The Balaban J connectivity index is 1.64. The maximum absolute atomic E-state index is 12.1. The van der Waals surface area contributed by atoms with Gasteiger partial charge in [-0.15, -0.1) is 0 Å². The highest BCUT2D eigenvalue weighted by Gasteiger charge is 2.08. The number of amides is 1. The van der Waals surface area contributed by atoms with Crippen LogP contribution >= 0.6 is 0 Å². The standard InChI is InChI=1S/C18H18N2O/c1-13-5-4-6-14(9-13)11-20-18(21)10-15-12-19-17-8-3-2-7-16(15)17/h2-9,12,19H,10-11H2,1H3,(H,20,21). The van der Waals surface area contributed by atoms with Crippen molar-refractivity contribution >= 4 is 16.8 Å². The molecule has 106 valence electrons. The van der Waals surface area contributed by atoms with Crippen molar-refractivity contribution in [2.75, 3.05) is 0 Å². The second-order valence-electron chi connectivity index (χ2n) is 5.30. The van der Waals surface area contributed by atoms with E-state index in [4.69, 9.17) is 0 Å². The number of nitrogens with one attached hydrogen (secondary N) is 2. The molecule has 0 radical (unpaired) electrons. The van der Waals surface area contributed by atoms with Crippen molar-refractivity contribution in [3.8, 4) is 0 Å². The lowest BCUT2D eigenvalue weighted by molar-refractivity contribution is -0.120. The first kappa shape index (κ1) is 13.4. The Morgan fingerprint density at radius 1 is 1.14 bits per heavy atom. The summed E-state index contributed by atoms with van der Waals surface area (Å²) in [5.41, 5.74) is 4.44. The Bertz CT molecular complexity index is 773. The van der Waals surface area contributed by atoms with E-state index in [9.17, 15) is 4.79 Å². The molecule has 0 bridgehead atoms. The largest absolute Gasteiger partial charge is 0.361 e. The summed E-state index contributed by atoms with van der Waals surface area (Å²) < 4.78 is 0. The van der Waals surface area contributed by atoms with Crippen LogP contribution in [0.15, 0.2) is 54.7 Å². The summed E-state index contributed by atoms with van der Waals surface area (Å²) >= 11 is 0. The SMILES string of the molecule is Cc1cccc(CNC(=O)Cc2c[nH]c3ccccc23)c1. The van der Waals surface area contributed by atoms with Crippen molar-refractivity contribution in [1.82, 2.24) is 10.3 Å². The van der Waals surface area contributed by atoms with Gasteiger partial charge in [0.2, 0.25) is 5.91 Å². The number of hydrogen-bond acceptors (Lipinski definition) is 1. The van der Waals surface area contributed by atoms with Crippen molar-refractivity contribution in [2.24, 2.45) is 0 Å². The summed E-state index contributed by atoms with van der Waals surface area (Å²) in [4.78, 5) is 15.3. The third-order valence-electron chi connectivity index (χ3n) is 3.60. The molecule has 3 rings (SSSR count). The number of para-hydroxylation sites is 1. The minimum Gasteiger partial charge on any atom is -0.361 e. The lowest BCUT2D eigenvalue weighted by Crippen LogP contribution is -2.24. The third kappa shape index (κ3) is 3.14. The van der Waals surface area contributed by atoms with Gasteiger partial charge in [0, 0.05) is 23.6 Å². The summed E-state index contributed by atoms with van der Waals surface area (Å²) in [5.74, 6) is 0.0428. The van der Waals surface area contributed by atoms with E-state index in [1.54, 1.807) is 0 Å². The lowest BCUT2D eigenvalue weighted by atomic mass is 10.1. The fourth-order valence-electron chi connectivity index (χ4n) is 2.54. The predicted molar refractivity (Wildman–Crippen MR) is 85.0 cm³/mol. The normalized spacial score (nSPS) is 10.7. The highest BCUT2D eigenvalue weighted by molar-refractivity contribution is 5.88. The van der Waals surface area contributed by atoms with Crippen molar-refractivity contribution in [1.29, 1.82) is 0 Å². The van der Waals surface area contributed by atoms with E-state index >= 15 is 0 Å². The fourth-order valence-corrected chi connectivity index (χ4v) is 2.54. The van der Waals surface area contributed by atoms with Gasteiger partial charge in [-0.3, -0.25) is 4.79 Å². The molecule has 0 saturated heterocycles. The van der Waals surface area contributed by atoms with E-state index < -0.39 is 0 Å². The molecule has 0 aliphatic carbocycles. The van der Waals surface area contributed by atoms with E-state index in [1.807, 2.05) is 42.6 Å². The zero-order chi connectivity index (χ0) is 14.7. The molecule has 3 nitrogen and oxygen atoms in total. The lowest BCUT2D eigenvalue weighted by Gasteiger charge is -2.06. The predicted octanol–water partition coefficient (Wildman–Crippen LogP) is 3.34. The van der Waals surface area contributed by atoms with E-state index in [1.165, 1.54) is 5.56 Å². The Hall–Kier alpha value is -2.55. The van der Waals surface area contributed by atoms with Crippen LogP contribution in [-0.2, 0) is 17.8 Å². The summed E-state index contributed by atoms with van der Waals surface area (Å²) in [5, 5.41) is 4.09. The first-order chi connectivity index (χ1) is 10.2. The zero-order valence-electron chi connectivity index (χ0n) is 12.0. The van der Waals surface area contributed by atoms with Gasteiger partial charge in [0.15, 0.2) is 0 Å². The number of fused-ring (bicyclic) bond motifs is 1. The van der Waals surface area contributed by atoms with Gasteiger partial charge in [-0.1, -0.05) is 48.0 Å². The van der Waals surface area contributed by atoms with Gasteiger partial charge >= 0.3 is 0 Å². The average Bonchev–Trinajstić information content (AvgIpc) is 2.89. The molecule has 2 aromatic carbocycles. The first-order valence-electron chi connectivity index (χ1n) is 7.09. The van der Waals surface area contributed by atoms with E-state index in [2.05, 4.69) is 29.4 Å². The maximum atomic E-state index is 12.1. The summed E-state index contributed by atoms with van der Waals surface area (Å²) in [6.07, 6.45) is 2.31. The molecule has 21 heavy (non-hydrogen) atoms. The van der Waals surface area contributed by atoms with Crippen molar-refractivity contribution in [2.45, 2.75) is 19.9 Å². The average molecular weight is 278 g/mol. The first-order valence-corrected chi connectivity index (χ1v) is 7.09. The van der Waals surface area contributed by atoms with Crippen LogP contribution in [-0.4, -0.2) is 10.9 Å². The minimum absolute atomic E-state index is 0.0428. The quantitative estimate of drug-likeness (QED) is 0.755. The van der Waals surface area contributed by atoms with Gasteiger partial charge in [0.25, 0.3) is 0 Å². The number of H-pyrrole nitrogens is 1. The van der Waals surface area contributed by atoms with Crippen LogP contribution in [0, 0.1) is 6.92 Å².